The van der Waals surface area contributed by atoms with Crippen LogP contribution in [0.5, 0.6) is 0 Å². The first-order chi connectivity index (χ1) is 7.56. The number of hydrogen-bond acceptors (Lipinski definition) is 3. The summed E-state index contributed by atoms with van der Waals surface area (Å²) >= 11 is 5.70. The lowest BCUT2D eigenvalue weighted by Crippen LogP contribution is -2.38. The van der Waals surface area contributed by atoms with Crippen molar-refractivity contribution < 1.29 is 4.79 Å². The van der Waals surface area contributed by atoms with E-state index in [0.717, 1.165) is 18.7 Å². The Bertz CT molecular complexity index is 324. The number of carbonyl (C=O) groups excluding carboxylic acids is 1. The number of aryl methyl sites for hydroxylation is 1. The van der Waals surface area contributed by atoms with Crippen molar-refractivity contribution in [2.75, 3.05) is 12.4 Å². The zero-order valence-electron chi connectivity index (χ0n) is 9.59. The van der Waals surface area contributed by atoms with Crippen molar-refractivity contribution >= 4 is 17.5 Å². The Hall–Kier alpha value is -1.10. The molecule has 0 bridgehead atoms. The lowest BCUT2D eigenvalue weighted by Gasteiger charge is -2.20. The summed E-state index contributed by atoms with van der Waals surface area (Å²) in [6.45, 7) is 4.28. The zero-order valence-corrected chi connectivity index (χ0v) is 10.3. The van der Waals surface area contributed by atoms with Crippen molar-refractivity contribution in [3.8, 4) is 0 Å². The molecule has 16 heavy (non-hydrogen) atoms. The predicted octanol–water partition coefficient (Wildman–Crippen LogP) is 1.12. The van der Waals surface area contributed by atoms with Gasteiger partial charge in [0, 0.05) is 18.8 Å². The molecule has 0 aliphatic heterocycles. The molecule has 0 spiro atoms. The van der Waals surface area contributed by atoms with E-state index in [0.29, 0.717) is 12.4 Å². The number of amides is 1. The summed E-state index contributed by atoms with van der Waals surface area (Å²) < 4.78 is 0. The first-order valence-corrected chi connectivity index (χ1v) is 5.78. The molecule has 1 rings (SSSR count). The Balaban J connectivity index is 2.18. The molecule has 5 nitrogen and oxygen atoms in total. The number of hydrogen-bond donors (Lipinski definition) is 2. The van der Waals surface area contributed by atoms with Gasteiger partial charge in [0.1, 0.15) is 12.2 Å². The lowest BCUT2D eigenvalue weighted by molar-refractivity contribution is -0.128. The number of nitrogens with zero attached hydrogens (tertiary/aromatic N) is 2. The fraction of sp³-hybridized carbons (Fsp3) is 0.700. The summed E-state index contributed by atoms with van der Waals surface area (Å²) in [5, 5.41) is 9.37. The van der Waals surface area contributed by atoms with E-state index < -0.39 is 5.41 Å². The fourth-order valence-corrected chi connectivity index (χ4v) is 1.23. The van der Waals surface area contributed by atoms with E-state index >= 15 is 0 Å². The number of aromatic amines is 1. The van der Waals surface area contributed by atoms with E-state index in [1.165, 1.54) is 6.33 Å². The highest BCUT2D eigenvalue weighted by Crippen LogP contribution is 2.16. The molecule has 1 heterocycles. The fourth-order valence-electron chi connectivity index (χ4n) is 1.11. The number of H-pyrrole nitrogens is 1. The van der Waals surface area contributed by atoms with Crippen LogP contribution < -0.4 is 5.32 Å². The van der Waals surface area contributed by atoms with Crippen molar-refractivity contribution in [1.82, 2.24) is 20.5 Å². The maximum atomic E-state index is 11.6. The van der Waals surface area contributed by atoms with Gasteiger partial charge in [-0.3, -0.25) is 9.89 Å². The second-order valence-corrected chi connectivity index (χ2v) is 4.58. The number of alkyl halides is 1. The summed E-state index contributed by atoms with van der Waals surface area (Å²) in [5.41, 5.74) is -0.506. The SMILES string of the molecule is CC(C)(CCl)C(=O)NCCCc1ncn[nH]1. The Labute approximate surface area is 100.0 Å². The molecule has 1 aromatic rings. The second-order valence-electron chi connectivity index (χ2n) is 4.31. The molecule has 1 aromatic heterocycles. The first kappa shape index (κ1) is 13.0. The van der Waals surface area contributed by atoms with Gasteiger partial charge in [0.2, 0.25) is 5.91 Å². The van der Waals surface area contributed by atoms with Crippen LogP contribution in [-0.4, -0.2) is 33.5 Å². The average Bonchev–Trinajstić information content (AvgIpc) is 2.76. The third kappa shape index (κ3) is 3.81. The molecule has 0 radical (unpaired) electrons. The third-order valence-corrected chi connectivity index (χ3v) is 2.96. The first-order valence-electron chi connectivity index (χ1n) is 5.25. The van der Waals surface area contributed by atoms with Gasteiger partial charge < -0.3 is 5.32 Å². The second kappa shape index (κ2) is 5.84. The highest BCUT2D eigenvalue weighted by atomic mass is 35.5. The Kier molecular flexibility index (Phi) is 4.73. The van der Waals surface area contributed by atoms with Gasteiger partial charge in [-0.15, -0.1) is 11.6 Å². The molecule has 0 aromatic carbocycles. The molecule has 2 N–H and O–H groups in total. The number of nitrogens with one attached hydrogen (secondary N) is 2. The van der Waals surface area contributed by atoms with Gasteiger partial charge in [0.05, 0.1) is 5.41 Å². The Morgan fingerprint density at radius 3 is 2.94 bits per heavy atom. The smallest absolute Gasteiger partial charge is 0.226 e. The average molecular weight is 245 g/mol. The minimum atomic E-state index is -0.506. The molecular formula is C10H17ClN4O. The van der Waals surface area contributed by atoms with E-state index in [2.05, 4.69) is 20.5 Å². The van der Waals surface area contributed by atoms with E-state index in [1.807, 2.05) is 13.8 Å². The maximum absolute atomic E-state index is 11.6. The van der Waals surface area contributed by atoms with Crippen LogP contribution in [0.25, 0.3) is 0 Å². The third-order valence-electron chi connectivity index (χ3n) is 2.29. The summed E-state index contributed by atoms with van der Waals surface area (Å²) in [7, 11) is 0. The van der Waals surface area contributed by atoms with Gasteiger partial charge >= 0.3 is 0 Å². The van der Waals surface area contributed by atoms with Gasteiger partial charge in [-0.25, -0.2) is 4.98 Å². The molecule has 0 saturated carbocycles. The molecule has 0 atom stereocenters. The van der Waals surface area contributed by atoms with Crippen molar-refractivity contribution in [1.29, 1.82) is 0 Å². The minimum absolute atomic E-state index is 0.0138. The van der Waals surface area contributed by atoms with Crippen molar-refractivity contribution in [3.05, 3.63) is 12.2 Å². The zero-order chi connectivity index (χ0) is 12.0. The van der Waals surface area contributed by atoms with Crippen LogP contribution in [0.4, 0.5) is 0 Å². The lowest BCUT2D eigenvalue weighted by atomic mass is 9.95. The monoisotopic (exact) mass is 244 g/mol. The predicted molar refractivity (Wildman–Crippen MR) is 62.2 cm³/mol. The summed E-state index contributed by atoms with van der Waals surface area (Å²) in [5.74, 6) is 1.15. The number of aromatic nitrogens is 3. The molecule has 0 saturated heterocycles. The van der Waals surface area contributed by atoms with Crippen molar-refractivity contribution in [3.63, 3.8) is 0 Å². The van der Waals surface area contributed by atoms with Crippen LogP contribution in [-0.2, 0) is 11.2 Å². The maximum Gasteiger partial charge on any atom is 0.226 e. The Morgan fingerprint density at radius 1 is 1.62 bits per heavy atom. The van der Waals surface area contributed by atoms with Crippen LogP contribution in [0.1, 0.15) is 26.1 Å². The minimum Gasteiger partial charge on any atom is -0.356 e. The largest absolute Gasteiger partial charge is 0.356 e. The molecular weight excluding hydrogens is 228 g/mol. The molecule has 0 unspecified atom stereocenters. The number of halogens is 1. The van der Waals surface area contributed by atoms with Crippen molar-refractivity contribution in [2.45, 2.75) is 26.7 Å². The van der Waals surface area contributed by atoms with Gasteiger partial charge in [-0.05, 0) is 20.3 Å². The van der Waals surface area contributed by atoms with E-state index in [4.69, 9.17) is 11.6 Å². The van der Waals surface area contributed by atoms with Crippen LogP contribution in [0.15, 0.2) is 6.33 Å². The normalized spacial score (nSPS) is 11.4. The summed E-state index contributed by atoms with van der Waals surface area (Å²) in [6.07, 6.45) is 3.09. The number of carbonyl (C=O) groups is 1. The van der Waals surface area contributed by atoms with Gasteiger partial charge in [0.25, 0.3) is 0 Å². The van der Waals surface area contributed by atoms with Crippen LogP contribution in [0, 0.1) is 5.41 Å². The van der Waals surface area contributed by atoms with Crippen LogP contribution >= 0.6 is 11.6 Å². The van der Waals surface area contributed by atoms with Gasteiger partial charge in [-0.1, -0.05) is 0 Å². The van der Waals surface area contributed by atoms with Crippen molar-refractivity contribution in [2.24, 2.45) is 5.41 Å². The van der Waals surface area contributed by atoms with E-state index in [1.54, 1.807) is 0 Å². The Morgan fingerprint density at radius 2 is 2.38 bits per heavy atom. The molecule has 0 fully saturated rings. The van der Waals surface area contributed by atoms with Crippen LogP contribution in [0.3, 0.4) is 0 Å². The van der Waals surface area contributed by atoms with E-state index in [9.17, 15) is 4.79 Å². The quantitative estimate of drug-likeness (QED) is 0.582. The molecule has 1 amide bonds. The molecule has 6 heteroatoms. The summed E-state index contributed by atoms with van der Waals surface area (Å²) in [6, 6.07) is 0. The van der Waals surface area contributed by atoms with Gasteiger partial charge in [0.15, 0.2) is 0 Å². The molecule has 90 valence electrons. The van der Waals surface area contributed by atoms with E-state index in [-0.39, 0.29) is 5.91 Å². The highest BCUT2D eigenvalue weighted by Gasteiger charge is 2.25. The van der Waals surface area contributed by atoms with Gasteiger partial charge in [-0.2, -0.15) is 5.10 Å². The number of rotatable bonds is 6. The summed E-state index contributed by atoms with van der Waals surface area (Å²) in [4.78, 5) is 15.6. The topological polar surface area (TPSA) is 70.7 Å². The molecule has 0 aliphatic carbocycles. The standard InChI is InChI=1S/C10H17ClN4O/c1-10(2,6-11)9(16)12-5-3-4-8-13-7-14-15-8/h7H,3-6H2,1-2H3,(H,12,16)(H,13,14,15). The van der Waals surface area contributed by atoms with Crippen LogP contribution in [0.2, 0.25) is 0 Å². The highest BCUT2D eigenvalue weighted by molar-refractivity contribution is 6.19. The molecule has 0 aliphatic rings.